The zero-order valence-electron chi connectivity index (χ0n) is 12.3. The maximum absolute atomic E-state index is 5.53. The Morgan fingerprint density at radius 1 is 1.40 bits per heavy atom. The Kier molecular flexibility index (Phi) is 5.91. The largest absolute Gasteiger partial charge is 0.494 e. The van der Waals surface area contributed by atoms with Crippen LogP contribution in [-0.4, -0.2) is 37.2 Å². The number of nitrogens with zero attached hydrogens (tertiary/aromatic N) is 1. The molecule has 0 amide bonds. The predicted octanol–water partition coefficient (Wildman–Crippen LogP) is 2.27. The van der Waals surface area contributed by atoms with E-state index in [0.29, 0.717) is 12.6 Å². The van der Waals surface area contributed by atoms with Gasteiger partial charge in [-0.1, -0.05) is 18.1 Å². The van der Waals surface area contributed by atoms with E-state index in [4.69, 9.17) is 11.2 Å². The minimum atomic E-state index is 0.597. The summed E-state index contributed by atoms with van der Waals surface area (Å²) in [5, 5.41) is 3.64. The third-order valence-electron chi connectivity index (χ3n) is 3.71. The van der Waals surface area contributed by atoms with Crippen molar-refractivity contribution in [1.29, 1.82) is 0 Å². The highest BCUT2D eigenvalue weighted by Gasteiger charge is 2.17. The predicted molar refractivity (Wildman–Crippen MR) is 82.7 cm³/mol. The first-order valence-corrected chi connectivity index (χ1v) is 7.42. The standard InChI is InChI=1S/C17H24N2O/c1-3-10-19-11-8-16(9-12-19)18-14-15-6-5-7-17(13-15)20-4-2/h1,5-7,13,16,18H,4,8-12,14H2,2H3. The second kappa shape index (κ2) is 7.94. The fraction of sp³-hybridized carbons (Fsp3) is 0.529. The number of rotatable bonds is 6. The number of nitrogens with one attached hydrogen (secondary N) is 1. The van der Waals surface area contributed by atoms with Crippen LogP contribution in [0.2, 0.25) is 0 Å². The van der Waals surface area contributed by atoms with Gasteiger partial charge in [0.25, 0.3) is 0 Å². The van der Waals surface area contributed by atoms with Crippen molar-refractivity contribution in [3.05, 3.63) is 29.8 Å². The first-order chi connectivity index (χ1) is 9.81. The summed E-state index contributed by atoms with van der Waals surface area (Å²) in [5.41, 5.74) is 1.28. The molecule has 0 aromatic heterocycles. The Hall–Kier alpha value is -1.50. The summed E-state index contributed by atoms with van der Waals surface area (Å²) in [6.45, 7) is 6.60. The van der Waals surface area contributed by atoms with Crippen LogP contribution < -0.4 is 10.1 Å². The molecule has 0 bridgehead atoms. The smallest absolute Gasteiger partial charge is 0.119 e. The zero-order valence-corrected chi connectivity index (χ0v) is 12.3. The highest BCUT2D eigenvalue weighted by molar-refractivity contribution is 5.28. The SMILES string of the molecule is C#CCN1CCC(NCc2cccc(OCC)c2)CC1. The van der Waals surface area contributed by atoms with Gasteiger partial charge in [-0.25, -0.2) is 0 Å². The summed E-state index contributed by atoms with van der Waals surface area (Å²) in [5.74, 6) is 3.67. The van der Waals surface area contributed by atoms with Crippen molar-refractivity contribution in [1.82, 2.24) is 10.2 Å². The Bertz CT molecular complexity index is 445. The minimum Gasteiger partial charge on any atom is -0.494 e. The minimum absolute atomic E-state index is 0.597. The molecule has 1 aromatic rings. The summed E-state index contributed by atoms with van der Waals surface area (Å²) in [6, 6.07) is 8.91. The molecule has 3 heteroatoms. The van der Waals surface area contributed by atoms with Crippen LogP contribution in [0.3, 0.4) is 0 Å². The number of ether oxygens (including phenoxy) is 1. The van der Waals surface area contributed by atoms with Crippen molar-refractivity contribution in [2.75, 3.05) is 26.2 Å². The second-order valence-corrected chi connectivity index (χ2v) is 5.22. The van der Waals surface area contributed by atoms with Crippen LogP contribution in [0.5, 0.6) is 5.75 Å². The van der Waals surface area contributed by atoms with Crippen LogP contribution in [0.1, 0.15) is 25.3 Å². The number of terminal acetylenes is 1. The first kappa shape index (κ1) is 14.9. The maximum atomic E-state index is 5.53. The Balaban J connectivity index is 1.76. The van der Waals surface area contributed by atoms with Crippen LogP contribution in [0.4, 0.5) is 0 Å². The maximum Gasteiger partial charge on any atom is 0.119 e. The highest BCUT2D eigenvalue weighted by Crippen LogP contribution is 2.15. The molecule has 1 heterocycles. The molecule has 20 heavy (non-hydrogen) atoms. The molecule has 0 aliphatic carbocycles. The first-order valence-electron chi connectivity index (χ1n) is 7.42. The molecule has 3 nitrogen and oxygen atoms in total. The molecule has 0 spiro atoms. The van der Waals surface area contributed by atoms with Crippen molar-refractivity contribution in [3.8, 4) is 18.1 Å². The quantitative estimate of drug-likeness (QED) is 0.804. The molecule has 0 radical (unpaired) electrons. The van der Waals surface area contributed by atoms with Gasteiger partial charge in [0.1, 0.15) is 5.75 Å². The van der Waals surface area contributed by atoms with E-state index in [0.717, 1.165) is 31.9 Å². The highest BCUT2D eigenvalue weighted by atomic mass is 16.5. The molecule has 1 N–H and O–H groups in total. The molecule has 1 aliphatic heterocycles. The van der Waals surface area contributed by atoms with E-state index in [1.165, 1.54) is 18.4 Å². The zero-order chi connectivity index (χ0) is 14.2. The Morgan fingerprint density at radius 3 is 2.90 bits per heavy atom. The molecule has 108 valence electrons. The van der Waals surface area contributed by atoms with Crippen molar-refractivity contribution in [2.45, 2.75) is 32.4 Å². The second-order valence-electron chi connectivity index (χ2n) is 5.22. The van der Waals surface area contributed by atoms with Crippen molar-refractivity contribution >= 4 is 0 Å². The molecular formula is C17H24N2O. The fourth-order valence-electron chi connectivity index (χ4n) is 2.60. The van der Waals surface area contributed by atoms with E-state index in [1.54, 1.807) is 0 Å². The molecule has 1 fully saturated rings. The van der Waals surface area contributed by atoms with E-state index in [1.807, 2.05) is 13.0 Å². The van der Waals surface area contributed by atoms with Crippen LogP contribution in [-0.2, 0) is 6.54 Å². The molecule has 0 saturated carbocycles. The van der Waals surface area contributed by atoms with Gasteiger partial charge in [0.15, 0.2) is 0 Å². The van der Waals surface area contributed by atoms with Crippen molar-refractivity contribution in [3.63, 3.8) is 0 Å². The van der Waals surface area contributed by atoms with Gasteiger partial charge in [-0.05, 0) is 37.5 Å². The lowest BCUT2D eigenvalue weighted by Gasteiger charge is -2.31. The summed E-state index contributed by atoms with van der Waals surface area (Å²) < 4.78 is 5.53. The summed E-state index contributed by atoms with van der Waals surface area (Å²) in [7, 11) is 0. The summed E-state index contributed by atoms with van der Waals surface area (Å²) in [6.07, 6.45) is 7.70. The lowest BCUT2D eigenvalue weighted by Crippen LogP contribution is -2.42. The number of hydrogen-bond acceptors (Lipinski definition) is 3. The summed E-state index contributed by atoms with van der Waals surface area (Å²) >= 11 is 0. The third-order valence-corrected chi connectivity index (χ3v) is 3.71. The number of benzene rings is 1. The molecular weight excluding hydrogens is 248 g/mol. The molecule has 1 saturated heterocycles. The van der Waals surface area contributed by atoms with Gasteiger partial charge in [-0.2, -0.15) is 0 Å². The number of hydrogen-bond donors (Lipinski definition) is 1. The average molecular weight is 272 g/mol. The monoisotopic (exact) mass is 272 g/mol. The molecule has 1 aromatic carbocycles. The Morgan fingerprint density at radius 2 is 2.20 bits per heavy atom. The lowest BCUT2D eigenvalue weighted by atomic mass is 10.0. The van der Waals surface area contributed by atoms with Gasteiger partial charge < -0.3 is 10.1 Å². The molecule has 0 unspecified atom stereocenters. The van der Waals surface area contributed by atoms with Gasteiger partial charge >= 0.3 is 0 Å². The average Bonchev–Trinajstić information content (AvgIpc) is 2.48. The summed E-state index contributed by atoms with van der Waals surface area (Å²) in [4.78, 5) is 2.34. The van der Waals surface area contributed by atoms with Crippen LogP contribution >= 0.6 is 0 Å². The van der Waals surface area contributed by atoms with Crippen LogP contribution in [0.15, 0.2) is 24.3 Å². The fourth-order valence-corrected chi connectivity index (χ4v) is 2.60. The van der Waals surface area contributed by atoms with Crippen LogP contribution in [0, 0.1) is 12.3 Å². The van der Waals surface area contributed by atoms with Gasteiger partial charge in [0, 0.05) is 25.7 Å². The van der Waals surface area contributed by atoms with Gasteiger partial charge in [-0.15, -0.1) is 6.42 Å². The number of piperidine rings is 1. The van der Waals surface area contributed by atoms with E-state index >= 15 is 0 Å². The molecule has 2 rings (SSSR count). The Labute approximate surface area is 122 Å². The van der Waals surface area contributed by atoms with Crippen molar-refractivity contribution in [2.24, 2.45) is 0 Å². The van der Waals surface area contributed by atoms with Gasteiger partial charge in [0.05, 0.1) is 13.2 Å². The van der Waals surface area contributed by atoms with E-state index in [2.05, 4.69) is 34.3 Å². The topological polar surface area (TPSA) is 24.5 Å². The normalized spacial score (nSPS) is 16.8. The van der Waals surface area contributed by atoms with E-state index in [-0.39, 0.29) is 0 Å². The molecule has 0 atom stereocenters. The van der Waals surface area contributed by atoms with Gasteiger partial charge in [0.2, 0.25) is 0 Å². The van der Waals surface area contributed by atoms with Gasteiger partial charge in [-0.3, -0.25) is 4.90 Å². The van der Waals surface area contributed by atoms with E-state index in [9.17, 15) is 0 Å². The molecule has 1 aliphatic rings. The number of likely N-dealkylation sites (tertiary alicyclic amines) is 1. The third kappa shape index (κ3) is 4.56. The lowest BCUT2D eigenvalue weighted by molar-refractivity contribution is 0.217. The van der Waals surface area contributed by atoms with Crippen molar-refractivity contribution < 1.29 is 4.74 Å². The van der Waals surface area contributed by atoms with E-state index < -0.39 is 0 Å². The van der Waals surface area contributed by atoms with Crippen LogP contribution in [0.25, 0.3) is 0 Å².